The summed E-state index contributed by atoms with van der Waals surface area (Å²) in [5, 5.41) is 2.94. The summed E-state index contributed by atoms with van der Waals surface area (Å²) in [5.41, 5.74) is 2.92. The van der Waals surface area contributed by atoms with Gasteiger partial charge in [0.25, 0.3) is 0 Å². The van der Waals surface area contributed by atoms with Gasteiger partial charge in [-0.1, -0.05) is 25.8 Å². The summed E-state index contributed by atoms with van der Waals surface area (Å²) in [6.45, 7) is 2.93. The highest BCUT2D eigenvalue weighted by molar-refractivity contribution is 5.81. The fourth-order valence-corrected chi connectivity index (χ4v) is 1.94. The van der Waals surface area contributed by atoms with E-state index in [1.807, 2.05) is 18.2 Å². The SMILES string of the molecule is CCCCCNC(=O)Cc1ccc2nc[nH]c2c1. The molecule has 0 radical (unpaired) electrons. The Kier molecular flexibility index (Phi) is 4.34. The van der Waals surface area contributed by atoms with E-state index in [1.165, 1.54) is 12.8 Å². The van der Waals surface area contributed by atoms with Crippen molar-refractivity contribution in [3.63, 3.8) is 0 Å². The molecule has 1 heterocycles. The van der Waals surface area contributed by atoms with Crippen molar-refractivity contribution in [3.05, 3.63) is 30.1 Å². The number of imidazole rings is 1. The number of nitrogens with zero attached hydrogens (tertiary/aromatic N) is 1. The molecule has 18 heavy (non-hydrogen) atoms. The number of H-pyrrole nitrogens is 1. The van der Waals surface area contributed by atoms with Crippen molar-refractivity contribution in [2.75, 3.05) is 6.54 Å². The van der Waals surface area contributed by atoms with Crippen LogP contribution in [-0.2, 0) is 11.2 Å². The second-order valence-corrected chi connectivity index (χ2v) is 4.49. The van der Waals surface area contributed by atoms with E-state index < -0.39 is 0 Å². The number of fused-ring (bicyclic) bond motifs is 1. The zero-order valence-corrected chi connectivity index (χ0v) is 10.7. The lowest BCUT2D eigenvalue weighted by Crippen LogP contribution is -2.26. The molecule has 0 spiro atoms. The smallest absolute Gasteiger partial charge is 0.224 e. The Bertz CT molecular complexity index is 518. The van der Waals surface area contributed by atoms with E-state index in [0.717, 1.165) is 29.6 Å². The predicted octanol–water partition coefficient (Wildman–Crippen LogP) is 2.41. The molecule has 0 fully saturated rings. The Morgan fingerprint density at radius 3 is 3.11 bits per heavy atom. The van der Waals surface area contributed by atoms with Crippen LogP contribution in [0.15, 0.2) is 24.5 Å². The van der Waals surface area contributed by atoms with Gasteiger partial charge in [-0.2, -0.15) is 0 Å². The van der Waals surface area contributed by atoms with Gasteiger partial charge in [-0.15, -0.1) is 0 Å². The molecule has 1 aromatic heterocycles. The Morgan fingerprint density at radius 2 is 2.28 bits per heavy atom. The van der Waals surface area contributed by atoms with E-state index in [0.29, 0.717) is 6.42 Å². The predicted molar refractivity (Wildman–Crippen MR) is 72.3 cm³/mol. The molecule has 0 aliphatic heterocycles. The lowest BCUT2D eigenvalue weighted by molar-refractivity contribution is -0.120. The average molecular weight is 245 g/mol. The topological polar surface area (TPSA) is 57.8 Å². The molecule has 1 amide bonds. The van der Waals surface area contributed by atoms with E-state index in [1.54, 1.807) is 6.33 Å². The summed E-state index contributed by atoms with van der Waals surface area (Å²) in [5.74, 6) is 0.0879. The summed E-state index contributed by atoms with van der Waals surface area (Å²) in [4.78, 5) is 18.9. The largest absolute Gasteiger partial charge is 0.356 e. The minimum Gasteiger partial charge on any atom is -0.356 e. The van der Waals surface area contributed by atoms with Crippen molar-refractivity contribution in [3.8, 4) is 0 Å². The molecule has 1 aromatic carbocycles. The van der Waals surface area contributed by atoms with Crippen molar-refractivity contribution in [1.29, 1.82) is 0 Å². The van der Waals surface area contributed by atoms with Gasteiger partial charge < -0.3 is 10.3 Å². The molecule has 0 unspecified atom stereocenters. The third-order valence-electron chi connectivity index (χ3n) is 2.95. The maximum absolute atomic E-state index is 11.7. The molecule has 0 saturated carbocycles. The van der Waals surface area contributed by atoms with E-state index in [9.17, 15) is 4.79 Å². The van der Waals surface area contributed by atoms with Gasteiger partial charge in [0, 0.05) is 6.54 Å². The minimum absolute atomic E-state index is 0.0879. The summed E-state index contributed by atoms with van der Waals surface area (Å²) >= 11 is 0. The Hall–Kier alpha value is -1.84. The normalized spacial score (nSPS) is 10.7. The van der Waals surface area contributed by atoms with Crippen LogP contribution in [0.5, 0.6) is 0 Å². The van der Waals surface area contributed by atoms with Gasteiger partial charge in [0.15, 0.2) is 0 Å². The summed E-state index contributed by atoms with van der Waals surface area (Å²) < 4.78 is 0. The molecule has 0 aliphatic carbocycles. The zero-order valence-electron chi connectivity index (χ0n) is 10.7. The van der Waals surface area contributed by atoms with Gasteiger partial charge in [0.2, 0.25) is 5.91 Å². The molecule has 2 rings (SSSR count). The van der Waals surface area contributed by atoms with Crippen LogP contribution in [0.2, 0.25) is 0 Å². The lowest BCUT2D eigenvalue weighted by Gasteiger charge is -2.04. The third kappa shape index (κ3) is 3.32. The second kappa shape index (κ2) is 6.19. The highest BCUT2D eigenvalue weighted by Gasteiger charge is 2.04. The van der Waals surface area contributed by atoms with Crippen molar-refractivity contribution < 1.29 is 4.79 Å². The van der Waals surface area contributed by atoms with Crippen LogP contribution >= 0.6 is 0 Å². The number of carbonyl (C=O) groups is 1. The maximum atomic E-state index is 11.7. The number of aromatic nitrogens is 2. The average Bonchev–Trinajstić information content (AvgIpc) is 2.82. The Balaban J connectivity index is 1.86. The number of hydrogen-bond acceptors (Lipinski definition) is 2. The minimum atomic E-state index is 0.0879. The van der Waals surface area contributed by atoms with Crippen molar-refractivity contribution >= 4 is 16.9 Å². The van der Waals surface area contributed by atoms with Crippen molar-refractivity contribution in [1.82, 2.24) is 15.3 Å². The highest BCUT2D eigenvalue weighted by atomic mass is 16.1. The molecule has 4 heteroatoms. The molecular formula is C14H19N3O. The zero-order chi connectivity index (χ0) is 12.8. The number of rotatable bonds is 6. The van der Waals surface area contributed by atoms with E-state index in [4.69, 9.17) is 0 Å². The summed E-state index contributed by atoms with van der Waals surface area (Å²) in [7, 11) is 0. The molecule has 0 bridgehead atoms. The van der Waals surface area contributed by atoms with Crippen molar-refractivity contribution in [2.24, 2.45) is 0 Å². The summed E-state index contributed by atoms with van der Waals surface area (Å²) in [6.07, 6.45) is 5.49. The number of aromatic amines is 1. The van der Waals surface area contributed by atoms with E-state index in [2.05, 4.69) is 22.2 Å². The quantitative estimate of drug-likeness (QED) is 0.768. The number of hydrogen-bond donors (Lipinski definition) is 2. The standard InChI is InChI=1S/C14H19N3O/c1-2-3-4-7-15-14(18)9-11-5-6-12-13(8-11)17-10-16-12/h5-6,8,10H,2-4,7,9H2,1H3,(H,15,18)(H,16,17). The lowest BCUT2D eigenvalue weighted by atomic mass is 10.1. The second-order valence-electron chi connectivity index (χ2n) is 4.49. The van der Waals surface area contributed by atoms with Crippen LogP contribution in [-0.4, -0.2) is 22.4 Å². The third-order valence-corrected chi connectivity index (χ3v) is 2.95. The maximum Gasteiger partial charge on any atom is 0.224 e. The molecule has 4 nitrogen and oxygen atoms in total. The molecule has 0 atom stereocenters. The van der Waals surface area contributed by atoms with E-state index >= 15 is 0 Å². The first-order valence-corrected chi connectivity index (χ1v) is 6.48. The molecule has 0 saturated heterocycles. The number of carbonyl (C=O) groups excluding carboxylic acids is 1. The van der Waals surface area contributed by atoms with Gasteiger partial charge in [0.1, 0.15) is 0 Å². The summed E-state index contributed by atoms with van der Waals surface area (Å²) in [6, 6.07) is 5.87. The molecule has 2 N–H and O–H groups in total. The fraction of sp³-hybridized carbons (Fsp3) is 0.429. The Morgan fingerprint density at radius 1 is 1.39 bits per heavy atom. The molecule has 96 valence electrons. The van der Waals surface area contributed by atoms with Gasteiger partial charge in [-0.3, -0.25) is 4.79 Å². The number of unbranched alkanes of at least 4 members (excludes halogenated alkanes) is 2. The Labute approximate surface area is 107 Å². The first-order valence-electron chi connectivity index (χ1n) is 6.48. The van der Waals surface area contributed by atoms with Crippen LogP contribution < -0.4 is 5.32 Å². The first kappa shape index (κ1) is 12.6. The van der Waals surface area contributed by atoms with Gasteiger partial charge in [0.05, 0.1) is 23.8 Å². The first-order chi connectivity index (χ1) is 8.79. The van der Waals surface area contributed by atoms with Gasteiger partial charge in [-0.05, 0) is 24.1 Å². The molecule has 2 aromatic rings. The molecular weight excluding hydrogens is 226 g/mol. The van der Waals surface area contributed by atoms with Crippen LogP contribution in [0.25, 0.3) is 11.0 Å². The number of amides is 1. The van der Waals surface area contributed by atoms with Crippen molar-refractivity contribution in [2.45, 2.75) is 32.6 Å². The van der Waals surface area contributed by atoms with Gasteiger partial charge >= 0.3 is 0 Å². The number of benzene rings is 1. The van der Waals surface area contributed by atoms with Crippen LogP contribution in [0.4, 0.5) is 0 Å². The van der Waals surface area contributed by atoms with Gasteiger partial charge in [-0.25, -0.2) is 4.98 Å². The fourth-order valence-electron chi connectivity index (χ4n) is 1.94. The highest BCUT2D eigenvalue weighted by Crippen LogP contribution is 2.11. The monoisotopic (exact) mass is 245 g/mol. The van der Waals surface area contributed by atoms with E-state index in [-0.39, 0.29) is 5.91 Å². The van der Waals surface area contributed by atoms with Crippen LogP contribution in [0.1, 0.15) is 31.7 Å². The van der Waals surface area contributed by atoms with Crippen LogP contribution in [0, 0.1) is 0 Å². The van der Waals surface area contributed by atoms with Crippen LogP contribution in [0.3, 0.4) is 0 Å². The molecule has 0 aliphatic rings. The number of nitrogens with one attached hydrogen (secondary N) is 2.